The molecule has 0 aliphatic carbocycles. The van der Waals surface area contributed by atoms with Gasteiger partial charge in [0.05, 0.1) is 6.10 Å². The van der Waals surface area contributed by atoms with E-state index in [2.05, 4.69) is 26.1 Å². The van der Waals surface area contributed by atoms with Gasteiger partial charge in [-0.05, 0) is 45.6 Å². The molecule has 2 atom stereocenters. The molecule has 0 saturated carbocycles. The summed E-state index contributed by atoms with van der Waals surface area (Å²) < 4.78 is 0. The maximum Gasteiger partial charge on any atom is 0.0526 e. The Hall–Kier alpha value is -0.0800. The molecule has 2 heteroatoms. The highest BCUT2D eigenvalue weighted by atomic mass is 16.3. The van der Waals surface area contributed by atoms with E-state index < -0.39 is 0 Å². The average Bonchev–Trinajstić information content (AvgIpc) is 1.96. The van der Waals surface area contributed by atoms with E-state index in [9.17, 15) is 0 Å². The molecule has 2 N–H and O–H groups in total. The third kappa shape index (κ3) is 9.84. The first-order valence-corrected chi connectivity index (χ1v) is 5.43. The molecule has 0 fully saturated rings. The highest BCUT2D eigenvalue weighted by molar-refractivity contribution is 4.63. The predicted molar refractivity (Wildman–Crippen MR) is 57.8 cm³/mol. The number of hydrogen-bond donors (Lipinski definition) is 2. The molecule has 0 aliphatic rings. The lowest BCUT2D eigenvalue weighted by Crippen LogP contribution is -2.30. The summed E-state index contributed by atoms with van der Waals surface area (Å²) in [4.78, 5) is 0. The molecule has 0 aromatic rings. The van der Waals surface area contributed by atoms with Crippen molar-refractivity contribution >= 4 is 0 Å². The lowest BCUT2D eigenvalue weighted by molar-refractivity contribution is 0.170. The smallest absolute Gasteiger partial charge is 0.0526 e. The molecular weight excluding hydrogens is 162 g/mol. The van der Waals surface area contributed by atoms with Gasteiger partial charge in [-0.15, -0.1) is 0 Å². The van der Waals surface area contributed by atoms with E-state index in [0.29, 0.717) is 6.04 Å². The van der Waals surface area contributed by atoms with Crippen molar-refractivity contribution in [2.75, 3.05) is 6.54 Å². The van der Waals surface area contributed by atoms with E-state index in [-0.39, 0.29) is 6.10 Å². The molecule has 0 rings (SSSR count). The molecular formula is C11H25NO. The van der Waals surface area contributed by atoms with Crippen LogP contribution in [0.15, 0.2) is 0 Å². The molecule has 0 bridgehead atoms. The fraction of sp³-hybridized carbons (Fsp3) is 1.00. The van der Waals surface area contributed by atoms with Gasteiger partial charge in [0.1, 0.15) is 0 Å². The summed E-state index contributed by atoms with van der Waals surface area (Å²) in [6, 6.07) is 0.437. The van der Waals surface area contributed by atoms with Crippen molar-refractivity contribution in [3.05, 3.63) is 0 Å². The Kier molecular flexibility index (Phi) is 7.29. The summed E-state index contributed by atoms with van der Waals surface area (Å²) in [6.07, 6.45) is 3.19. The Morgan fingerprint density at radius 2 is 1.77 bits per heavy atom. The summed E-state index contributed by atoms with van der Waals surface area (Å²) in [5.41, 5.74) is 0. The number of rotatable bonds is 7. The fourth-order valence-electron chi connectivity index (χ4n) is 1.45. The van der Waals surface area contributed by atoms with Gasteiger partial charge in [-0.2, -0.15) is 0 Å². The topological polar surface area (TPSA) is 32.3 Å². The van der Waals surface area contributed by atoms with Crippen LogP contribution in [-0.4, -0.2) is 23.8 Å². The van der Waals surface area contributed by atoms with Crippen molar-refractivity contribution in [3.63, 3.8) is 0 Å². The second-order valence-corrected chi connectivity index (χ2v) is 4.48. The summed E-state index contributed by atoms with van der Waals surface area (Å²) in [5, 5.41) is 12.5. The summed E-state index contributed by atoms with van der Waals surface area (Å²) in [5.74, 6) is 0.800. The van der Waals surface area contributed by atoms with Gasteiger partial charge in [0.2, 0.25) is 0 Å². The molecule has 0 amide bonds. The fourth-order valence-corrected chi connectivity index (χ4v) is 1.45. The molecule has 0 radical (unpaired) electrons. The van der Waals surface area contributed by atoms with Gasteiger partial charge in [-0.25, -0.2) is 0 Å². The molecule has 80 valence electrons. The number of aliphatic hydroxyl groups is 1. The first kappa shape index (κ1) is 12.9. The maximum atomic E-state index is 9.13. The molecule has 0 aromatic carbocycles. The molecule has 0 heterocycles. The SMILES string of the molecule is CC(C)CCCNC(C)CC(C)O. The Morgan fingerprint density at radius 3 is 2.23 bits per heavy atom. The van der Waals surface area contributed by atoms with E-state index >= 15 is 0 Å². The van der Waals surface area contributed by atoms with Gasteiger partial charge in [-0.1, -0.05) is 13.8 Å². The second kappa shape index (κ2) is 7.34. The van der Waals surface area contributed by atoms with Crippen LogP contribution in [0.25, 0.3) is 0 Å². The van der Waals surface area contributed by atoms with Crippen molar-refractivity contribution in [3.8, 4) is 0 Å². The zero-order valence-corrected chi connectivity index (χ0v) is 9.51. The lowest BCUT2D eigenvalue weighted by Gasteiger charge is -2.15. The monoisotopic (exact) mass is 187 g/mol. The summed E-state index contributed by atoms with van der Waals surface area (Å²) in [6.45, 7) is 9.54. The van der Waals surface area contributed by atoms with Crippen molar-refractivity contribution < 1.29 is 5.11 Å². The Morgan fingerprint density at radius 1 is 1.15 bits per heavy atom. The van der Waals surface area contributed by atoms with Crippen LogP contribution in [0, 0.1) is 5.92 Å². The van der Waals surface area contributed by atoms with Crippen molar-refractivity contribution in [2.45, 2.75) is 59.1 Å². The quantitative estimate of drug-likeness (QED) is 0.599. The number of aliphatic hydroxyl groups excluding tert-OH is 1. The van der Waals surface area contributed by atoms with Crippen LogP contribution < -0.4 is 5.32 Å². The minimum absolute atomic E-state index is 0.187. The highest BCUT2D eigenvalue weighted by Crippen LogP contribution is 2.03. The molecule has 0 saturated heterocycles. The second-order valence-electron chi connectivity index (χ2n) is 4.48. The third-order valence-electron chi connectivity index (χ3n) is 2.15. The van der Waals surface area contributed by atoms with Crippen LogP contribution in [0.1, 0.15) is 47.0 Å². The van der Waals surface area contributed by atoms with Gasteiger partial charge < -0.3 is 10.4 Å². The lowest BCUT2D eigenvalue weighted by atomic mass is 10.1. The zero-order valence-electron chi connectivity index (χ0n) is 9.51. The Bertz CT molecular complexity index is 113. The van der Waals surface area contributed by atoms with Gasteiger partial charge >= 0.3 is 0 Å². The minimum Gasteiger partial charge on any atom is -0.393 e. The summed E-state index contributed by atoms with van der Waals surface area (Å²) in [7, 11) is 0. The molecule has 0 aliphatic heterocycles. The molecule has 13 heavy (non-hydrogen) atoms. The van der Waals surface area contributed by atoms with E-state index in [1.807, 2.05) is 6.92 Å². The number of hydrogen-bond acceptors (Lipinski definition) is 2. The van der Waals surface area contributed by atoms with Crippen LogP contribution in [0.5, 0.6) is 0 Å². The third-order valence-corrected chi connectivity index (χ3v) is 2.15. The zero-order chi connectivity index (χ0) is 10.3. The van der Waals surface area contributed by atoms with Gasteiger partial charge in [0.25, 0.3) is 0 Å². The summed E-state index contributed by atoms with van der Waals surface area (Å²) >= 11 is 0. The van der Waals surface area contributed by atoms with E-state index in [0.717, 1.165) is 18.9 Å². The van der Waals surface area contributed by atoms with Crippen molar-refractivity contribution in [1.82, 2.24) is 5.32 Å². The average molecular weight is 187 g/mol. The first-order chi connectivity index (χ1) is 6.02. The molecule has 2 unspecified atom stereocenters. The highest BCUT2D eigenvalue weighted by Gasteiger charge is 2.04. The van der Waals surface area contributed by atoms with Crippen molar-refractivity contribution in [1.29, 1.82) is 0 Å². The van der Waals surface area contributed by atoms with Crippen LogP contribution in [0.3, 0.4) is 0 Å². The van der Waals surface area contributed by atoms with Crippen LogP contribution in [-0.2, 0) is 0 Å². The predicted octanol–water partition coefficient (Wildman–Crippen LogP) is 2.17. The maximum absolute atomic E-state index is 9.13. The van der Waals surface area contributed by atoms with Crippen LogP contribution >= 0.6 is 0 Å². The standard InChI is InChI=1S/C11H25NO/c1-9(2)6-5-7-12-10(3)8-11(4)13/h9-13H,5-8H2,1-4H3. The van der Waals surface area contributed by atoms with Gasteiger partial charge in [0, 0.05) is 6.04 Å². The first-order valence-electron chi connectivity index (χ1n) is 5.43. The van der Waals surface area contributed by atoms with Gasteiger partial charge in [-0.3, -0.25) is 0 Å². The largest absolute Gasteiger partial charge is 0.393 e. The van der Waals surface area contributed by atoms with E-state index in [1.54, 1.807) is 0 Å². The molecule has 2 nitrogen and oxygen atoms in total. The van der Waals surface area contributed by atoms with Gasteiger partial charge in [0.15, 0.2) is 0 Å². The van der Waals surface area contributed by atoms with Crippen molar-refractivity contribution in [2.24, 2.45) is 5.92 Å². The minimum atomic E-state index is -0.187. The normalized spacial score (nSPS) is 16.2. The van der Waals surface area contributed by atoms with E-state index in [1.165, 1.54) is 12.8 Å². The Balaban J connectivity index is 3.22. The molecule has 0 aromatic heterocycles. The van der Waals surface area contributed by atoms with Crippen LogP contribution in [0.2, 0.25) is 0 Å². The molecule has 0 spiro atoms. The number of nitrogens with one attached hydrogen (secondary N) is 1. The van der Waals surface area contributed by atoms with E-state index in [4.69, 9.17) is 5.11 Å². The van der Waals surface area contributed by atoms with Crippen LogP contribution in [0.4, 0.5) is 0 Å². The Labute approximate surface area is 82.7 Å².